The van der Waals surface area contributed by atoms with E-state index >= 15 is 0 Å². The predicted molar refractivity (Wildman–Crippen MR) is 101 cm³/mol. The second kappa shape index (κ2) is 5.16. The van der Waals surface area contributed by atoms with Crippen LogP contribution in [0, 0.1) is 5.82 Å². The fourth-order valence-electron chi connectivity index (χ4n) is 4.78. The van der Waals surface area contributed by atoms with Crippen molar-refractivity contribution in [2.24, 2.45) is 0 Å². The summed E-state index contributed by atoms with van der Waals surface area (Å²) < 4.78 is 15.6. The molecule has 27 heavy (non-hydrogen) atoms. The number of nitrogens with one attached hydrogen (secondary N) is 1. The maximum absolute atomic E-state index is 13.7. The van der Waals surface area contributed by atoms with Crippen LogP contribution in [0.2, 0.25) is 0 Å². The van der Waals surface area contributed by atoms with Crippen molar-refractivity contribution < 1.29 is 4.39 Å². The Kier molecular flexibility index (Phi) is 2.85. The van der Waals surface area contributed by atoms with Gasteiger partial charge in [0.15, 0.2) is 5.82 Å². The Morgan fingerprint density at radius 1 is 1.15 bits per heavy atom. The minimum atomic E-state index is -0.283. The van der Waals surface area contributed by atoms with Crippen LogP contribution in [-0.4, -0.2) is 32.6 Å². The number of pyridine rings is 1. The molecule has 0 saturated carbocycles. The van der Waals surface area contributed by atoms with Crippen LogP contribution in [0.4, 0.5) is 10.2 Å². The molecule has 1 N–H and O–H groups in total. The van der Waals surface area contributed by atoms with Gasteiger partial charge >= 0.3 is 0 Å². The number of aromatic nitrogens is 4. The number of aromatic amines is 1. The van der Waals surface area contributed by atoms with Crippen molar-refractivity contribution in [3.63, 3.8) is 0 Å². The second-order valence-electron chi connectivity index (χ2n) is 7.39. The lowest BCUT2D eigenvalue weighted by Crippen LogP contribution is -2.37. The van der Waals surface area contributed by atoms with Crippen molar-refractivity contribution >= 4 is 27.8 Å². The highest BCUT2D eigenvalue weighted by Gasteiger charge is 2.39. The average Bonchev–Trinajstić information content (AvgIpc) is 3.17. The first kappa shape index (κ1) is 14.9. The number of hydrogen-bond acceptors (Lipinski definition) is 4. The summed E-state index contributed by atoms with van der Waals surface area (Å²) in [4.78, 5) is 26.8. The van der Waals surface area contributed by atoms with Gasteiger partial charge in [0.2, 0.25) is 0 Å². The zero-order valence-corrected chi connectivity index (χ0v) is 14.4. The van der Waals surface area contributed by atoms with Crippen molar-refractivity contribution in [2.45, 2.75) is 18.4 Å². The molecule has 0 spiro atoms. The lowest BCUT2D eigenvalue weighted by atomic mass is 9.96. The number of rotatable bonds is 1. The highest BCUT2D eigenvalue weighted by molar-refractivity contribution is 6.08. The van der Waals surface area contributed by atoms with Gasteiger partial charge in [-0.3, -0.25) is 4.79 Å². The van der Waals surface area contributed by atoms with E-state index < -0.39 is 0 Å². The molecule has 2 aliphatic rings. The van der Waals surface area contributed by atoms with Gasteiger partial charge in [-0.2, -0.15) is 0 Å². The standard InChI is InChI=1S/C20H16FN5O/c21-12-4-5-15-14(7-12)18-19(24-15)20(23-10-22-18)25-8-11-6-13(9-25)26-16(11)2-1-3-17(26)27/h1-5,7,10-11,13,24H,6,8-9H2/t11-,13-/m1/s1. The largest absolute Gasteiger partial charge is 0.352 e. The Morgan fingerprint density at radius 3 is 3.00 bits per heavy atom. The Morgan fingerprint density at radius 2 is 2.07 bits per heavy atom. The summed E-state index contributed by atoms with van der Waals surface area (Å²) in [6.07, 6.45) is 2.52. The van der Waals surface area contributed by atoms with E-state index in [1.807, 2.05) is 10.6 Å². The number of H-pyrrole nitrogens is 1. The van der Waals surface area contributed by atoms with Crippen LogP contribution in [-0.2, 0) is 0 Å². The monoisotopic (exact) mass is 361 g/mol. The van der Waals surface area contributed by atoms with E-state index in [-0.39, 0.29) is 17.4 Å². The van der Waals surface area contributed by atoms with Crippen molar-refractivity contribution in [2.75, 3.05) is 18.0 Å². The number of nitrogens with zero attached hydrogens (tertiary/aromatic N) is 4. The third-order valence-electron chi connectivity index (χ3n) is 5.86. The highest BCUT2D eigenvalue weighted by atomic mass is 19.1. The molecule has 6 nitrogen and oxygen atoms in total. The number of halogens is 1. The van der Waals surface area contributed by atoms with Gasteiger partial charge in [-0.1, -0.05) is 6.07 Å². The number of hydrogen-bond donors (Lipinski definition) is 1. The van der Waals surface area contributed by atoms with Crippen LogP contribution in [0.3, 0.4) is 0 Å². The molecule has 3 aromatic heterocycles. The first-order valence-corrected chi connectivity index (χ1v) is 9.07. The molecule has 1 saturated heterocycles. The molecule has 2 bridgehead atoms. The summed E-state index contributed by atoms with van der Waals surface area (Å²) >= 11 is 0. The molecule has 134 valence electrons. The average molecular weight is 361 g/mol. The SMILES string of the molecule is O=c1cccc2n1[C@@H]1C[C@@H]2CN(c2ncnc3c2[nH]c2ccc(F)cc23)C1. The second-order valence-corrected chi connectivity index (χ2v) is 7.39. The Balaban J connectivity index is 1.49. The van der Waals surface area contributed by atoms with E-state index in [1.165, 1.54) is 18.5 Å². The van der Waals surface area contributed by atoms with Crippen LogP contribution in [0.5, 0.6) is 0 Å². The summed E-state index contributed by atoms with van der Waals surface area (Å²) in [6, 6.07) is 10.3. The van der Waals surface area contributed by atoms with Gasteiger partial charge in [-0.05, 0) is 30.7 Å². The molecular weight excluding hydrogens is 345 g/mol. The predicted octanol–water partition coefficient (Wildman–Crippen LogP) is 2.96. The van der Waals surface area contributed by atoms with Gasteiger partial charge in [0.1, 0.15) is 23.2 Å². The number of fused-ring (bicyclic) bond motifs is 8. The molecule has 0 amide bonds. The molecule has 0 aliphatic carbocycles. The van der Waals surface area contributed by atoms with Gasteiger partial charge < -0.3 is 14.5 Å². The van der Waals surface area contributed by atoms with Crippen LogP contribution >= 0.6 is 0 Å². The molecule has 2 atom stereocenters. The lowest BCUT2D eigenvalue weighted by molar-refractivity contribution is 0.440. The van der Waals surface area contributed by atoms with Gasteiger partial charge in [0, 0.05) is 41.7 Å². The van der Waals surface area contributed by atoms with Crippen molar-refractivity contribution in [1.29, 1.82) is 0 Å². The summed E-state index contributed by atoms with van der Waals surface area (Å²) in [7, 11) is 0. The van der Waals surface area contributed by atoms with Crippen LogP contribution in [0.15, 0.2) is 47.5 Å². The Bertz CT molecular complexity index is 1280. The lowest BCUT2D eigenvalue weighted by Gasteiger charge is -2.32. The van der Waals surface area contributed by atoms with Gasteiger partial charge in [-0.15, -0.1) is 0 Å². The van der Waals surface area contributed by atoms with Crippen LogP contribution < -0.4 is 10.5 Å². The maximum atomic E-state index is 13.7. The molecule has 0 radical (unpaired) electrons. The summed E-state index contributed by atoms with van der Waals surface area (Å²) in [5.41, 5.74) is 3.56. The number of anilines is 1. The fraction of sp³-hybridized carbons (Fsp3) is 0.250. The number of piperidine rings is 1. The minimum absolute atomic E-state index is 0.0655. The Labute approximate surface area is 153 Å². The zero-order chi connectivity index (χ0) is 18.1. The molecule has 5 heterocycles. The normalized spacial score (nSPS) is 21.1. The molecule has 0 unspecified atom stereocenters. The number of benzene rings is 1. The summed E-state index contributed by atoms with van der Waals surface area (Å²) in [5, 5.41) is 0.758. The minimum Gasteiger partial charge on any atom is -0.352 e. The molecule has 1 aromatic carbocycles. The van der Waals surface area contributed by atoms with E-state index in [2.05, 4.69) is 25.9 Å². The molecule has 1 fully saturated rings. The smallest absolute Gasteiger partial charge is 0.251 e. The van der Waals surface area contributed by atoms with E-state index in [4.69, 9.17) is 0 Å². The fourth-order valence-corrected chi connectivity index (χ4v) is 4.78. The van der Waals surface area contributed by atoms with Gasteiger partial charge in [0.25, 0.3) is 5.56 Å². The quantitative estimate of drug-likeness (QED) is 0.566. The first-order valence-electron chi connectivity index (χ1n) is 9.07. The molecule has 2 aliphatic heterocycles. The summed E-state index contributed by atoms with van der Waals surface area (Å²) in [5.74, 6) is 0.839. The van der Waals surface area contributed by atoms with Crippen molar-refractivity contribution in [3.8, 4) is 0 Å². The van der Waals surface area contributed by atoms with Crippen molar-refractivity contribution in [1.82, 2.24) is 19.5 Å². The van der Waals surface area contributed by atoms with E-state index in [9.17, 15) is 9.18 Å². The molecule has 7 heteroatoms. The van der Waals surface area contributed by atoms with E-state index in [0.29, 0.717) is 5.92 Å². The van der Waals surface area contributed by atoms with Gasteiger partial charge in [0.05, 0.1) is 6.04 Å². The zero-order valence-electron chi connectivity index (χ0n) is 14.4. The Hall–Kier alpha value is -3.22. The third-order valence-corrected chi connectivity index (χ3v) is 5.86. The molecular formula is C20H16FN5O. The maximum Gasteiger partial charge on any atom is 0.251 e. The van der Waals surface area contributed by atoms with Crippen molar-refractivity contribution in [3.05, 3.63) is 64.6 Å². The molecule has 6 rings (SSSR count). The first-order chi connectivity index (χ1) is 13.2. The van der Waals surface area contributed by atoms with Gasteiger partial charge in [-0.25, -0.2) is 14.4 Å². The molecule has 4 aromatic rings. The topological polar surface area (TPSA) is 66.8 Å². The van der Waals surface area contributed by atoms with Crippen LogP contribution in [0.1, 0.15) is 24.1 Å². The third kappa shape index (κ3) is 2.02. The van der Waals surface area contributed by atoms with E-state index in [1.54, 1.807) is 12.1 Å². The van der Waals surface area contributed by atoms with Crippen LogP contribution in [0.25, 0.3) is 21.9 Å². The van der Waals surface area contributed by atoms with E-state index in [0.717, 1.165) is 53.0 Å². The summed E-state index contributed by atoms with van der Waals surface area (Å²) in [6.45, 7) is 1.53. The highest BCUT2D eigenvalue weighted by Crippen LogP contribution is 2.42.